The fourth-order valence-electron chi connectivity index (χ4n) is 3.52. The predicted molar refractivity (Wildman–Crippen MR) is 118 cm³/mol. The van der Waals surface area contributed by atoms with Crippen LogP contribution in [-0.2, 0) is 25.8 Å². The highest BCUT2D eigenvalue weighted by Gasteiger charge is 2.52. The molecule has 0 aliphatic carbocycles. The molecule has 1 saturated heterocycles. The molecule has 1 aliphatic heterocycles. The maximum absolute atomic E-state index is 14.3. The summed E-state index contributed by atoms with van der Waals surface area (Å²) in [5.74, 6) is -0.385. The third-order valence-corrected chi connectivity index (χ3v) is 7.76. The van der Waals surface area contributed by atoms with Crippen molar-refractivity contribution in [3.05, 3.63) is 83.9 Å². The molecule has 0 spiro atoms. The van der Waals surface area contributed by atoms with Gasteiger partial charge in [-0.1, -0.05) is 36.4 Å². The highest BCUT2D eigenvalue weighted by molar-refractivity contribution is 7.90. The van der Waals surface area contributed by atoms with E-state index >= 15 is 0 Å². The number of halogens is 1. The monoisotopic (exact) mass is 441 g/mol. The van der Waals surface area contributed by atoms with E-state index < -0.39 is 28.3 Å². The number of nitrogens with zero attached hydrogens (tertiary/aromatic N) is 1. The molecule has 0 amide bonds. The first-order valence-corrected chi connectivity index (χ1v) is 11.6. The molecule has 1 fully saturated rings. The molecule has 31 heavy (non-hydrogen) atoms. The average molecular weight is 441 g/mol. The minimum absolute atomic E-state index is 0.109. The summed E-state index contributed by atoms with van der Waals surface area (Å²) in [5, 5.41) is 0. The molecule has 8 heteroatoms. The zero-order chi connectivity index (χ0) is 22.4. The standard InChI is InChI=1S/C23H25BFNO4S/c1-22(2)23(3,4)30-24(29-22)18-15-19(14-17-10-8-9-13-21(17)25)26(16-18)31(27,28)20-11-6-5-7-12-20/h5-13,15-16H,14H2,1-4H3. The molecule has 2 aromatic carbocycles. The Morgan fingerprint density at radius 3 is 2.13 bits per heavy atom. The lowest BCUT2D eigenvalue weighted by Gasteiger charge is -2.32. The van der Waals surface area contributed by atoms with Gasteiger partial charge in [0.1, 0.15) is 5.82 Å². The molecule has 5 nitrogen and oxygen atoms in total. The van der Waals surface area contributed by atoms with Crippen LogP contribution in [0.4, 0.5) is 4.39 Å². The number of hydrogen-bond donors (Lipinski definition) is 0. The van der Waals surface area contributed by atoms with Crippen molar-refractivity contribution in [2.24, 2.45) is 0 Å². The van der Waals surface area contributed by atoms with E-state index in [1.165, 1.54) is 28.4 Å². The van der Waals surface area contributed by atoms with E-state index in [0.29, 0.717) is 16.7 Å². The highest BCUT2D eigenvalue weighted by atomic mass is 32.2. The Hall–Kier alpha value is -2.42. The first-order valence-electron chi connectivity index (χ1n) is 10.1. The van der Waals surface area contributed by atoms with Crippen LogP contribution < -0.4 is 5.46 Å². The summed E-state index contributed by atoms with van der Waals surface area (Å²) in [6, 6.07) is 16.2. The van der Waals surface area contributed by atoms with Crippen LogP contribution in [0.1, 0.15) is 39.0 Å². The number of rotatable bonds is 5. The summed E-state index contributed by atoms with van der Waals surface area (Å²) in [4.78, 5) is 0.154. The van der Waals surface area contributed by atoms with Gasteiger partial charge >= 0.3 is 7.12 Å². The molecule has 162 valence electrons. The summed E-state index contributed by atoms with van der Waals surface area (Å²) in [6.07, 6.45) is 1.62. The summed E-state index contributed by atoms with van der Waals surface area (Å²) in [7, 11) is -4.61. The molecule has 0 radical (unpaired) electrons. The second-order valence-corrected chi connectivity index (χ2v) is 10.6. The van der Waals surface area contributed by atoms with Crippen LogP contribution in [0.3, 0.4) is 0 Å². The smallest absolute Gasteiger partial charge is 0.399 e. The van der Waals surface area contributed by atoms with E-state index in [9.17, 15) is 12.8 Å². The van der Waals surface area contributed by atoms with Crippen LogP contribution in [0.25, 0.3) is 0 Å². The average Bonchev–Trinajstić information content (AvgIpc) is 3.23. The van der Waals surface area contributed by atoms with Gasteiger partial charge in [-0.15, -0.1) is 0 Å². The van der Waals surface area contributed by atoms with Crippen molar-refractivity contribution in [2.45, 2.75) is 50.2 Å². The SMILES string of the molecule is CC1(C)OB(c2cc(Cc3ccccc3F)n(S(=O)(=O)c3ccccc3)c2)OC1(C)C. The van der Waals surface area contributed by atoms with Gasteiger partial charge in [0, 0.05) is 23.8 Å². The molecular formula is C23H25BFNO4S. The number of hydrogen-bond acceptors (Lipinski definition) is 4. The molecule has 2 heterocycles. The zero-order valence-corrected chi connectivity index (χ0v) is 18.8. The largest absolute Gasteiger partial charge is 0.496 e. The van der Waals surface area contributed by atoms with Crippen LogP contribution in [-0.4, -0.2) is 30.7 Å². The van der Waals surface area contributed by atoms with Gasteiger partial charge in [0.05, 0.1) is 16.1 Å². The maximum atomic E-state index is 14.3. The summed E-state index contributed by atoms with van der Waals surface area (Å²) in [5.41, 5.74) is 0.279. The Labute approximate surface area is 183 Å². The molecule has 1 aromatic heterocycles. The van der Waals surface area contributed by atoms with Crippen LogP contribution in [0.5, 0.6) is 0 Å². The summed E-state index contributed by atoms with van der Waals surface area (Å²) in [6.45, 7) is 7.74. The third kappa shape index (κ3) is 3.95. The fraction of sp³-hybridized carbons (Fsp3) is 0.304. The number of benzene rings is 2. The van der Waals surface area contributed by atoms with Crippen LogP contribution >= 0.6 is 0 Å². The van der Waals surface area contributed by atoms with E-state index in [1.54, 1.807) is 42.5 Å². The van der Waals surface area contributed by atoms with Crippen molar-refractivity contribution in [1.82, 2.24) is 3.97 Å². The van der Waals surface area contributed by atoms with Crippen molar-refractivity contribution in [1.29, 1.82) is 0 Å². The van der Waals surface area contributed by atoms with E-state index in [4.69, 9.17) is 9.31 Å². The van der Waals surface area contributed by atoms with Gasteiger partial charge < -0.3 is 9.31 Å². The molecule has 4 rings (SSSR count). The Morgan fingerprint density at radius 2 is 1.52 bits per heavy atom. The van der Waals surface area contributed by atoms with Gasteiger partial charge in [-0.25, -0.2) is 16.8 Å². The van der Waals surface area contributed by atoms with Gasteiger partial charge in [-0.3, -0.25) is 0 Å². The first kappa shape index (κ1) is 21.8. The van der Waals surface area contributed by atoms with Crippen LogP contribution in [0.2, 0.25) is 0 Å². The lowest BCUT2D eigenvalue weighted by molar-refractivity contribution is 0.00578. The molecule has 3 aromatic rings. The van der Waals surface area contributed by atoms with E-state index in [-0.39, 0.29) is 17.1 Å². The Balaban J connectivity index is 1.81. The Bertz CT molecular complexity index is 1190. The van der Waals surface area contributed by atoms with Gasteiger partial charge in [-0.2, -0.15) is 0 Å². The summed E-state index contributed by atoms with van der Waals surface area (Å²) < 4.78 is 54.5. The lowest BCUT2D eigenvalue weighted by atomic mass is 9.81. The molecule has 0 saturated carbocycles. The summed E-state index contributed by atoms with van der Waals surface area (Å²) >= 11 is 0. The molecule has 0 atom stereocenters. The van der Waals surface area contributed by atoms with Gasteiger partial charge in [0.2, 0.25) is 0 Å². The van der Waals surface area contributed by atoms with Crippen molar-refractivity contribution in [2.75, 3.05) is 0 Å². The van der Waals surface area contributed by atoms with Gasteiger partial charge in [0.25, 0.3) is 10.0 Å². The topological polar surface area (TPSA) is 57.5 Å². The van der Waals surface area contributed by atoms with Crippen molar-refractivity contribution in [3.8, 4) is 0 Å². The van der Waals surface area contributed by atoms with Crippen molar-refractivity contribution in [3.63, 3.8) is 0 Å². The third-order valence-electron chi connectivity index (χ3n) is 6.04. The molecule has 0 bridgehead atoms. The first-order chi connectivity index (χ1) is 14.5. The number of aromatic nitrogens is 1. The zero-order valence-electron chi connectivity index (χ0n) is 18.0. The normalized spacial score (nSPS) is 17.8. The van der Waals surface area contributed by atoms with Crippen molar-refractivity contribution < 1.29 is 22.1 Å². The maximum Gasteiger partial charge on any atom is 0.496 e. The van der Waals surface area contributed by atoms with Crippen molar-refractivity contribution >= 4 is 22.6 Å². The van der Waals surface area contributed by atoms with Crippen LogP contribution in [0, 0.1) is 5.82 Å². The second-order valence-electron chi connectivity index (χ2n) is 8.74. The molecular weight excluding hydrogens is 416 g/mol. The van der Waals surface area contributed by atoms with Crippen LogP contribution in [0.15, 0.2) is 71.8 Å². The Kier molecular flexibility index (Phi) is 5.36. The van der Waals surface area contributed by atoms with E-state index in [2.05, 4.69) is 0 Å². The minimum atomic E-state index is -3.89. The fourth-order valence-corrected chi connectivity index (χ4v) is 4.93. The molecule has 0 unspecified atom stereocenters. The van der Waals surface area contributed by atoms with E-state index in [1.807, 2.05) is 27.7 Å². The second kappa shape index (κ2) is 7.62. The molecule has 0 N–H and O–H groups in total. The van der Waals surface area contributed by atoms with Gasteiger partial charge in [-0.05, 0) is 57.5 Å². The lowest BCUT2D eigenvalue weighted by Crippen LogP contribution is -2.41. The Morgan fingerprint density at radius 1 is 0.935 bits per heavy atom. The minimum Gasteiger partial charge on any atom is -0.399 e. The highest BCUT2D eigenvalue weighted by Crippen LogP contribution is 2.36. The molecule has 1 aliphatic rings. The predicted octanol–water partition coefficient (Wildman–Crippen LogP) is 3.75. The quantitative estimate of drug-likeness (QED) is 0.566. The van der Waals surface area contributed by atoms with E-state index in [0.717, 1.165) is 0 Å². The van der Waals surface area contributed by atoms with Gasteiger partial charge in [0.15, 0.2) is 0 Å².